The highest BCUT2D eigenvalue weighted by Crippen LogP contribution is 2.29. The molecular weight excluding hydrogens is 304 g/mol. The lowest BCUT2D eigenvalue weighted by atomic mass is 10.1. The van der Waals surface area contributed by atoms with Gasteiger partial charge in [0.25, 0.3) is 0 Å². The van der Waals surface area contributed by atoms with Gasteiger partial charge in [-0.2, -0.15) is 11.8 Å². The van der Waals surface area contributed by atoms with Crippen LogP contribution in [0.5, 0.6) is 0 Å². The number of rotatable bonds is 4. The molecule has 1 saturated heterocycles. The van der Waals surface area contributed by atoms with E-state index in [2.05, 4.69) is 72.3 Å². The molecule has 0 amide bonds. The summed E-state index contributed by atoms with van der Waals surface area (Å²) in [6, 6.07) is 8.77. The SMILES string of the molecule is CN=C(NCCc1ccc(N(C)C)cc1)N1CCSC(C)(C)C1. The Bertz CT molecular complexity index is 522. The van der Waals surface area contributed by atoms with Gasteiger partial charge < -0.3 is 15.1 Å². The third kappa shape index (κ3) is 5.34. The lowest BCUT2D eigenvalue weighted by Crippen LogP contribution is -2.51. The number of aliphatic imine (C=N–C) groups is 1. The highest BCUT2D eigenvalue weighted by atomic mass is 32.2. The van der Waals surface area contributed by atoms with Crippen LogP contribution in [-0.4, -0.2) is 62.1 Å². The second-order valence-corrected chi connectivity index (χ2v) is 8.62. The van der Waals surface area contributed by atoms with Crippen molar-refractivity contribution < 1.29 is 0 Å². The Kier molecular flexibility index (Phi) is 6.22. The predicted molar refractivity (Wildman–Crippen MR) is 104 cm³/mol. The van der Waals surface area contributed by atoms with Crippen molar-refractivity contribution in [3.8, 4) is 0 Å². The third-order valence-electron chi connectivity index (χ3n) is 4.09. The maximum absolute atomic E-state index is 4.46. The summed E-state index contributed by atoms with van der Waals surface area (Å²) in [6.45, 7) is 7.66. The molecule has 0 unspecified atom stereocenters. The average Bonchev–Trinajstić information content (AvgIpc) is 2.51. The molecule has 1 aliphatic rings. The average molecular weight is 335 g/mol. The van der Waals surface area contributed by atoms with Crippen molar-refractivity contribution in [3.05, 3.63) is 29.8 Å². The molecule has 1 heterocycles. The van der Waals surface area contributed by atoms with Gasteiger partial charge in [0.1, 0.15) is 0 Å². The van der Waals surface area contributed by atoms with E-state index in [1.807, 2.05) is 18.8 Å². The fourth-order valence-electron chi connectivity index (χ4n) is 2.81. The monoisotopic (exact) mass is 334 g/mol. The topological polar surface area (TPSA) is 30.9 Å². The fraction of sp³-hybridized carbons (Fsp3) is 0.611. The van der Waals surface area contributed by atoms with E-state index in [1.165, 1.54) is 17.0 Å². The second kappa shape index (κ2) is 7.95. The number of nitrogens with zero attached hydrogens (tertiary/aromatic N) is 3. The summed E-state index contributed by atoms with van der Waals surface area (Å²) in [5, 5.41) is 3.52. The Morgan fingerprint density at radius 1 is 1.30 bits per heavy atom. The molecule has 0 saturated carbocycles. The van der Waals surface area contributed by atoms with Crippen molar-refractivity contribution >= 4 is 23.4 Å². The van der Waals surface area contributed by atoms with Gasteiger partial charge in [0.15, 0.2) is 5.96 Å². The van der Waals surface area contributed by atoms with Crippen LogP contribution in [0.1, 0.15) is 19.4 Å². The molecule has 128 valence electrons. The summed E-state index contributed by atoms with van der Waals surface area (Å²) in [5.41, 5.74) is 2.60. The smallest absolute Gasteiger partial charge is 0.193 e. The summed E-state index contributed by atoms with van der Waals surface area (Å²) in [5.74, 6) is 2.20. The van der Waals surface area contributed by atoms with Crippen molar-refractivity contribution in [2.24, 2.45) is 4.99 Å². The Balaban J connectivity index is 1.84. The minimum absolute atomic E-state index is 0.303. The number of guanidine groups is 1. The molecule has 4 nitrogen and oxygen atoms in total. The van der Waals surface area contributed by atoms with Gasteiger partial charge in [0.2, 0.25) is 0 Å². The van der Waals surface area contributed by atoms with E-state index < -0.39 is 0 Å². The van der Waals surface area contributed by atoms with Crippen molar-refractivity contribution in [1.82, 2.24) is 10.2 Å². The molecule has 23 heavy (non-hydrogen) atoms. The molecule has 0 aromatic heterocycles. The molecule has 0 radical (unpaired) electrons. The summed E-state index contributed by atoms with van der Waals surface area (Å²) < 4.78 is 0.303. The maximum Gasteiger partial charge on any atom is 0.193 e. The molecule has 5 heteroatoms. The number of thioether (sulfide) groups is 1. The first-order valence-electron chi connectivity index (χ1n) is 8.27. The quantitative estimate of drug-likeness (QED) is 0.677. The molecule has 2 rings (SSSR count). The van der Waals surface area contributed by atoms with Crippen LogP contribution in [0, 0.1) is 0 Å². The van der Waals surface area contributed by atoms with Gasteiger partial charge in [-0.25, -0.2) is 0 Å². The van der Waals surface area contributed by atoms with Crippen molar-refractivity contribution in [1.29, 1.82) is 0 Å². The van der Waals surface area contributed by atoms with E-state index in [1.54, 1.807) is 0 Å². The highest BCUT2D eigenvalue weighted by molar-refractivity contribution is 8.00. The lowest BCUT2D eigenvalue weighted by Gasteiger charge is -2.39. The zero-order valence-electron chi connectivity index (χ0n) is 15.1. The minimum Gasteiger partial charge on any atom is -0.378 e. The highest BCUT2D eigenvalue weighted by Gasteiger charge is 2.28. The lowest BCUT2D eigenvalue weighted by molar-refractivity contribution is 0.376. The van der Waals surface area contributed by atoms with Crippen LogP contribution in [0.2, 0.25) is 0 Å². The Morgan fingerprint density at radius 2 is 2.00 bits per heavy atom. The number of hydrogen-bond donors (Lipinski definition) is 1. The molecule has 0 bridgehead atoms. The van der Waals surface area contributed by atoms with Crippen molar-refractivity contribution in [3.63, 3.8) is 0 Å². The molecule has 1 aromatic carbocycles. The predicted octanol–water partition coefficient (Wildman–Crippen LogP) is 2.70. The largest absolute Gasteiger partial charge is 0.378 e. The standard InChI is InChI=1S/C18H30N4S/c1-18(2)14-22(12-13-23-18)17(19-3)20-11-10-15-6-8-16(9-7-15)21(4)5/h6-9H,10-14H2,1-5H3,(H,19,20). The van der Waals surface area contributed by atoms with Gasteiger partial charge in [0.05, 0.1) is 0 Å². The van der Waals surface area contributed by atoms with Gasteiger partial charge in [0, 0.05) is 57.0 Å². The number of benzene rings is 1. The van der Waals surface area contributed by atoms with Crippen LogP contribution in [0.15, 0.2) is 29.3 Å². The van der Waals surface area contributed by atoms with Crippen LogP contribution in [0.3, 0.4) is 0 Å². The maximum atomic E-state index is 4.46. The molecular formula is C18H30N4S. The van der Waals surface area contributed by atoms with Crippen LogP contribution in [-0.2, 0) is 6.42 Å². The van der Waals surface area contributed by atoms with E-state index in [9.17, 15) is 0 Å². The van der Waals surface area contributed by atoms with Crippen LogP contribution >= 0.6 is 11.8 Å². The van der Waals surface area contributed by atoms with Gasteiger partial charge in [-0.15, -0.1) is 0 Å². The summed E-state index contributed by atoms with van der Waals surface area (Å²) >= 11 is 2.05. The summed E-state index contributed by atoms with van der Waals surface area (Å²) in [7, 11) is 6.01. The Morgan fingerprint density at radius 3 is 2.57 bits per heavy atom. The zero-order chi connectivity index (χ0) is 16.9. The molecule has 1 N–H and O–H groups in total. The van der Waals surface area contributed by atoms with E-state index in [0.717, 1.165) is 32.0 Å². The van der Waals surface area contributed by atoms with E-state index in [4.69, 9.17) is 0 Å². The molecule has 1 fully saturated rings. The normalized spacial score (nSPS) is 18.0. The number of hydrogen-bond acceptors (Lipinski definition) is 3. The fourth-order valence-corrected chi connectivity index (χ4v) is 3.92. The molecule has 1 aliphatic heterocycles. The summed E-state index contributed by atoms with van der Waals surface area (Å²) in [4.78, 5) is 8.97. The van der Waals surface area contributed by atoms with Gasteiger partial charge in [-0.05, 0) is 38.0 Å². The molecule has 1 aromatic rings. The number of nitrogens with one attached hydrogen (secondary N) is 1. The molecule has 0 aliphatic carbocycles. The Hall–Kier alpha value is -1.36. The van der Waals surface area contributed by atoms with Crippen LogP contribution < -0.4 is 10.2 Å². The minimum atomic E-state index is 0.303. The van der Waals surface area contributed by atoms with E-state index in [0.29, 0.717) is 4.75 Å². The first-order valence-corrected chi connectivity index (χ1v) is 9.26. The van der Waals surface area contributed by atoms with Crippen LogP contribution in [0.4, 0.5) is 5.69 Å². The van der Waals surface area contributed by atoms with Gasteiger partial charge >= 0.3 is 0 Å². The van der Waals surface area contributed by atoms with Gasteiger partial charge in [-0.3, -0.25) is 4.99 Å². The van der Waals surface area contributed by atoms with Crippen LogP contribution in [0.25, 0.3) is 0 Å². The first kappa shape index (κ1) is 18.0. The van der Waals surface area contributed by atoms with E-state index in [-0.39, 0.29) is 0 Å². The van der Waals surface area contributed by atoms with Gasteiger partial charge in [-0.1, -0.05) is 12.1 Å². The van der Waals surface area contributed by atoms with Crippen molar-refractivity contribution in [2.45, 2.75) is 25.0 Å². The third-order valence-corrected chi connectivity index (χ3v) is 5.38. The zero-order valence-corrected chi connectivity index (χ0v) is 15.9. The molecule has 0 spiro atoms. The Labute approximate surface area is 145 Å². The number of anilines is 1. The molecule has 0 atom stereocenters. The summed E-state index contributed by atoms with van der Waals surface area (Å²) in [6.07, 6.45) is 1.01. The second-order valence-electron chi connectivity index (χ2n) is 6.81. The van der Waals surface area contributed by atoms with E-state index >= 15 is 0 Å². The first-order chi connectivity index (χ1) is 10.9. The van der Waals surface area contributed by atoms with Crippen molar-refractivity contribution in [2.75, 3.05) is 51.4 Å².